The molecule has 23 heavy (non-hydrogen) atoms. The summed E-state index contributed by atoms with van der Waals surface area (Å²) in [5.41, 5.74) is 0.448. The second-order valence-corrected chi connectivity index (χ2v) is 5.12. The lowest BCUT2D eigenvalue weighted by molar-refractivity contribution is 0.215. The summed E-state index contributed by atoms with van der Waals surface area (Å²) >= 11 is 0. The van der Waals surface area contributed by atoms with E-state index in [4.69, 9.17) is 10.00 Å². The van der Waals surface area contributed by atoms with E-state index in [0.717, 1.165) is 0 Å². The highest BCUT2D eigenvalue weighted by atomic mass is 16.5. The number of hydrogen-bond acceptors (Lipinski definition) is 5. The van der Waals surface area contributed by atoms with E-state index in [-0.39, 0.29) is 23.0 Å². The van der Waals surface area contributed by atoms with E-state index in [9.17, 15) is 9.59 Å². The van der Waals surface area contributed by atoms with Crippen LogP contribution in [0.25, 0.3) is 10.9 Å². The summed E-state index contributed by atoms with van der Waals surface area (Å²) in [4.78, 5) is 29.9. The van der Waals surface area contributed by atoms with Crippen LogP contribution in [0, 0.1) is 11.3 Å². The Bertz CT molecular complexity index is 868. The van der Waals surface area contributed by atoms with Crippen LogP contribution in [0.5, 0.6) is 5.88 Å². The topological polar surface area (TPSA) is 100 Å². The Balaban J connectivity index is 1.93. The molecule has 8 nitrogen and oxygen atoms in total. The molecule has 3 rings (SSSR count). The van der Waals surface area contributed by atoms with E-state index >= 15 is 0 Å². The molecule has 0 unspecified atom stereocenters. The molecule has 2 amide bonds. The van der Waals surface area contributed by atoms with Gasteiger partial charge in [0, 0.05) is 32.4 Å². The number of aromatic nitrogens is 2. The number of ether oxygens (including phenoxy) is 1. The van der Waals surface area contributed by atoms with Crippen molar-refractivity contribution in [2.45, 2.75) is 6.54 Å². The van der Waals surface area contributed by atoms with Crippen molar-refractivity contribution >= 4 is 16.9 Å². The summed E-state index contributed by atoms with van der Waals surface area (Å²) in [5.74, 6) is 0.200. The van der Waals surface area contributed by atoms with E-state index in [0.29, 0.717) is 37.1 Å². The fourth-order valence-corrected chi connectivity index (χ4v) is 2.56. The number of pyridine rings is 2. The molecule has 1 saturated heterocycles. The molecule has 1 fully saturated rings. The molecule has 2 aromatic rings. The molecule has 1 aliphatic rings. The fourth-order valence-electron chi connectivity index (χ4n) is 2.56. The first-order valence-corrected chi connectivity index (χ1v) is 7.15. The molecule has 2 aromatic heterocycles. The Morgan fingerprint density at radius 1 is 1.43 bits per heavy atom. The van der Waals surface area contributed by atoms with Crippen molar-refractivity contribution in [2.75, 3.05) is 26.7 Å². The predicted molar refractivity (Wildman–Crippen MR) is 82.2 cm³/mol. The SMILES string of the molecule is COc1nc2ccn(CCN3CCNC3=O)c(=O)c2cc1C#N. The first-order chi connectivity index (χ1) is 11.1. The normalized spacial score (nSPS) is 13.9. The number of nitrogens with zero attached hydrogens (tertiary/aromatic N) is 4. The van der Waals surface area contributed by atoms with Crippen molar-refractivity contribution in [3.8, 4) is 11.9 Å². The molecule has 0 bridgehead atoms. The average molecular weight is 313 g/mol. The van der Waals surface area contributed by atoms with Gasteiger partial charge in [-0.2, -0.15) is 5.26 Å². The molecule has 0 atom stereocenters. The number of nitriles is 1. The maximum Gasteiger partial charge on any atom is 0.317 e. The van der Waals surface area contributed by atoms with Crippen LogP contribution in [0.1, 0.15) is 5.56 Å². The zero-order chi connectivity index (χ0) is 16.4. The van der Waals surface area contributed by atoms with Crippen LogP contribution >= 0.6 is 0 Å². The third-order valence-corrected chi connectivity index (χ3v) is 3.79. The molecule has 8 heteroatoms. The molecule has 118 valence electrons. The molecular weight excluding hydrogens is 298 g/mol. The molecule has 1 N–H and O–H groups in total. The number of rotatable bonds is 4. The number of carbonyl (C=O) groups excluding carboxylic acids is 1. The summed E-state index contributed by atoms with van der Waals surface area (Å²) < 4.78 is 6.56. The van der Waals surface area contributed by atoms with Gasteiger partial charge >= 0.3 is 6.03 Å². The van der Waals surface area contributed by atoms with E-state index < -0.39 is 0 Å². The van der Waals surface area contributed by atoms with Gasteiger partial charge in [-0.1, -0.05) is 0 Å². The largest absolute Gasteiger partial charge is 0.480 e. The summed E-state index contributed by atoms with van der Waals surface area (Å²) in [6.45, 7) is 2.10. The number of nitrogens with one attached hydrogen (secondary N) is 1. The van der Waals surface area contributed by atoms with Crippen LogP contribution < -0.4 is 15.6 Å². The van der Waals surface area contributed by atoms with Crippen molar-refractivity contribution in [3.05, 3.63) is 34.2 Å². The lowest BCUT2D eigenvalue weighted by Gasteiger charge is -2.15. The van der Waals surface area contributed by atoms with E-state index in [1.54, 1.807) is 17.2 Å². The van der Waals surface area contributed by atoms with Gasteiger partial charge in [0.2, 0.25) is 5.88 Å². The lowest BCUT2D eigenvalue weighted by atomic mass is 10.2. The van der Waals surface area contributed by atoms with Crippen molar-refractivity contribution in [1.29, 1.82) is 5.26 Å². The Morgan fingerprint density at radius 2 is 2.26 bits per heavy atom. The molecule has 0 radical (unpaired) electrons. The van der Waals surface area contributed by atoms with Gasteiger partial charge in [-0.25, -0.2) is 9.78 Å². The quantitative estimate of drug-likeness (QED) is 0.875. The minimum atomic E-state index is -0.242. The van der Waals surface area contributed by atoms with Gasteiger partial charge in [-0.15, -0.1) is 0 Å². The van der Waals surface area contributed by atoms with Gasteiger partial charge in [-0.3, -0.25) is 4.79 Å². The van der Waals surface area contributed by atoms with Crippen molar-refractivity contribution in [2.24, 2.45) is 0 Å². The van der Waals surface area contributed by atoms with E-state index in [2.05, 4.69) is 10.3 Å². The average Bonchev–Trinajstić information content (AvgIpc) is 2.98. The summed E-state index contributed by atoms with van der Waals surface area (Å²) in [6, 6.07) is 5.04. The molecule has 0 aliphatic carbocycles. The van der Waals surface area contributed by atoms with Crippen molar-refractivity contribution < 1.29 is 9.53 Å². The Labute approximate surface area is 131 Å². The highest BCUT2D eigenvalue weighted by molar-refractivity contribution is 5.80. The maximum absolute atomic E-state index is 12.5. The summed E-state index contributed by atoms with van der Waals surface area (Å²) in [5, 5.41) is 12.2. The predicted octanol–water partition coefficient (Wildman–Crippen LogP) is 0.302. The Kier molecular flexibility index (Phi) is 3.85. The maximum atomic E-state index is 12.5. The lowest BCUT2D eigenvalue weighted by Crippen LogP contribution is -2.33. The van der Waals surface area contributed by atoms with Gasteiger partial charge < -0.3 is 19.5 Å². The van der Waals surface area contributed by atoms with Gasteiger partial charge in [0.1, 0.15) is 11.6 Å². The van der Waals surface area contributed by atoms with Crippen LogP contribution in [-0.4, -0.2) is 47.2 Å². The minimum absolute atomic E-state index is 0.114. The second kappa shape index (κ2) is 5.96. The monoisotopic (exact) mass is 313 g/mol. The summed E-state index contributed by atoms with van der Waals surface area (Å²) in [7, 11) is 1.43. The van der Waals surface area contributed by atoms with Gasteiger partial charge in [0.15, 0.2) is 0 Å². The number of carbonyl (C=O) groups is 1. The zero-order valence-electron chi connectivity index (χ0n) is 12.6. The number of amides is 2. The van der Waals surface area contributed by atoms with Gasteiger partial charge in [0.05, 0.1) is 18.0 Å². The first kappa shape index (κ1) is 14.8. The van der Waals surface area contributed by atoms with Crippen LogP contribution in [0.2, 0.25) is 0 Å². The molecule has 0 spiro atoms. The smallest absolute Gasteiger partial charge is 0.317 e. The van der Waals surface area contributed by atoms with Crippen molar-refractivity contribution in [3.63, 3.8) is 0 Å². The van der Waals surface area contributed by atoms with E-state index in [1.165, 1.54) is 17.7 Å². The van der Waals surface area contributed by atoms with E-state index in [1.807, 2.05) is 6.07 Å². The highest BCUT2D eigenvalue weighted by Gasteiger charge is 2.19. The minimum Gasteiger partial charge on any atom is -0.480 e. The zero-order valence-corrected chi connectivity index (χ0v) is 12.6. The Morgan fingerprint density at radius 3 is 2.91 bits per heavy atom. The summed E-state index contributed by atoms with van der Waals surface area (Å²) in [6.07, 6.45) is 1.64. The number of methoxy groups -OCH3 is 1. The first-order valence-electron chi connectivity index (χ1n) is 7.15. The van der Waals surface area contributed by atoms with Gasteiger partial charge in [-0.05, 0) is 12.1 Å². The van der Waals surface area contributed by atoms with Crippen LogP contribution in [0.4, 0.5) is 4.79 Å². The molecular formula is C15H15N5O3. The Hall–Kier alpha value is -3.08. The molecule has 0 aromatic carbocycles. The fraction of sp³-hybridized carbons (Fsp3) is 0.333. The molecule has 0 saturated carbocycles. The van der Waals surface area contributed by atoms with Crippen molar-refractivity contribution in [1.82, 2.24) is 19.8 Å². The second-order valence-electron chi connectivity index (χ2n) is 5.12. The highest BCUT2D eigenvalue weighted by Crippen LogP contribution is 2.19. The third-order valence-electron chi connectivity index (χ3n) is 3.79. The van der Waals surface area contributed by atoms with Crippen LogP contribution in [0.15, 0.2) is 23.1 Å². The van der Waals surface area contributed by atoms with Crippen LogP contribution in [0.3, 0.4) is 0 Å². The molecule has 3 heterocycles. The number of fused-ring (bicyclic) bond motifs is 1. The standard InChI is InChI=1S/C15H15N5O3/c1-23-13-10(9-16)8-11-12(18-13)2-4-19(14(11)21)6-7-20-5-3-17-15(20)22/h2,4,8H,3,5-7H2,1H3,(H,17,22). The number of urea groups is 1. The van der Waals surface area contributed by atoms with Gasteiger partial charge in [0.25, 0.3) is 5.56 Å². The third kappa shape index (κ3) is 2.68. The molecule has 1 aliphatic heterocycles. The number of hydrogen-bond donors (Lipinski definition) is 1. The van der Waals surface area contributed by atoms with Crippen LogP contribution in [-0.2, 0) is 6.54 Å².